The van der Waals surface area contributed by atoms with Crippen molar-refractivity contribution in [3.05, 3.63) is 58.7 Å². The molecule has 0 radical (unpaired) electrons. The zero-order chi connectivity index (χ0) is 23.5. The summed E-state index contributed by atoms with van der Waals surface area (Å²) in [5.74, 6) is 2.23. The number of carbonyl (C=O) groups is 1. The SMILES string of the molecule is COc1ccc(OC)c([C@@H]2CC(c3ccc(C)c(C)c3)=NN2C(=O)CN2CCC(C)CC2)c1. The van der Waals surface area contributed by atoms with Crippen LogP contribution in [-0.4, -0.2) is 55.4 Å². The fourth-order valence-electron chi connectivity index (χ4n) is 4.66. The third kappa shape index (κ3) is 5.06. The van der Waals surface area contributed by atoms with Crippen molar-refractivity contribution in [3.63, 3.8) is 0 Å². The van der Waals surface area contributed by atoms with Gasteiger partial charge in [-0.1, -0.05) is 19.1 Å². The summed E-state index contributed by atoms with van der Waals surface area (Å²) >= 11 is 0. The zero-order valence-corrected chi connectivity index (χ0v) is 20.4. The molecule has 2 heterocycles. The van der Waals surface area contributed by atoms with Gasteiger partial charge in [0.25, 0.3) is 5.91 Å². The molecule has 0 aromatic heterocycles. The van der Waals surface area contributed by atoms with Gasteiger partial charge in [-0.25, -0.2) is 5.01 Å². The highest BCUT2D eigenvalue weighted by molar-refractivity contribution is 6.03. The van der Waals surface area contributed by atoms with Crippen LogP contribution in [0.3, 0.4) is 0 Å². The molecular formula is C27H35N3O3. The van der Waals surface area contributed by atoms with Crippen LogP contribution in [0.4, 0.5) is 0 Å². The second kappa shape index (κ2) is 9.96. The van der Waals surface area contributed by atoms with Gasteiger partial charge in [-0.15, -0.1) is 0 Å². The lowest BCUT2D eigenvalue weighted by Gasteiger charge is -2.31. The minimum absolute atomic E-state index is 0.0262. The van der Waals surface area contributed by atoms with E-state index >= 15 is 0 Å². The number of methoxy groups -OCH3 is 2. The normalized spacial score (nSPS) is 19.5. The second-order valence-corrected chi connectivity index (χ2v) is 9.37. The molecule has 1 saturated heterocycles. The van der Waals surface area contributed by atoms with Gasteiger partial charge < -0.3 is 9.47 Å². The van der Waals surface area contributed by atoms with Crippen molar-refractivity contribution in [2.45, 2.75) is 46.1 Å². The maximum Gasteiger partial charge on any atom is 0.257 e. The molecule has 0 spiro atoms. The molecule has 1 atom stereocenters. The van der Waals surface area contributed by atoms with Crippen LogP contribution in [0.25, 0.3) is 0 Å². The highest BCUT2D eigenvalue weighted by Gasteiger charge is 2.36. The van der Waals surface area contributed by atoms with Crippen molar-refractivity contribution in [1.82, 2.24) is 9.91 Å². The second-order valence-electron chi connectivity index (χ2n) is 9.37. The Morgan fingerprint density at radius 2 is 1.79 bits per heavy atom. The number of benzene rings is 2. The summed E-state index contributed by atoms with van der Waals surface area (Å²) in [6.07, 6.45) is 2.91. The molecule has 33 heavy (non-hydrogen) atoms. The molecular weight excluding hydrogens is 414 g/mol. The van der Waals surface area contributed by atoms with Crippen LogP contribution in [0.5, 0.6) is 11.5 Å². The maximum atomic E-state index is 13.5. The van der Waals surface area contributed by atoms with Gasteiger partial charge in [-0.3, -0.25) is 9.69 Å². The van der Waals surface area contributed by atoms with Crippen LogP contribution in [0.2, 0.25) is 0 Å². The summed E-state index contributed by atoms with van der Waals surface area (Å²) in [7, 11) is 3.31. The first-order valence-corrected chi connectivity index (χ1v) is 11.8. The lowest BCUT2D eigenvalue weighted by Crippen LogP contribution is -2.41. The molecule has 2 aliphatic heterocycles. The van der Waals surface area contributed by atoms with Crippen molar-refractivity contribution < 1.29 is 14.3 Å². The van der Waals surface area contributed by atoms with Gasteiger partial charge in [0, 0.05) is 12.0 Å². The number of aryl methyl sites for hydroxylation is 2. The van der Waals surface area contributed by atoms with Crippen LogP contribution in [0.1, 0.15) is 54.5 Å². The van der Waals surface area contributed by atoms with E-state index in [0.717, 1.165) is 60.2 Å². The molecule has 1 fully saturated rings. The quantitative estimate of drug-likeness (QED) is 0.640. The predicted molar refractivity (Wildman–Crippen MR) is 131 cm³/mol. The Labute approximate surface area is 197 Å². The van der Waals surface area contributed by atoms with Crippen molar-refractivity contribution in [1.29, 1.82) is 0 Å². The van der Waals surface area contributed by atoms with Gasteiger partial charge in [-0.05, 0) is 86.7 Å². The Morgan fingerprint density at radius 3 is 2.45 bits per heavy atom. The molecule has 0 unspecified atom stereocenters. The van der Waals surface area contributed by atoms with Crippen molar-refractivity contribution >= 4 is 11.6 Å². The molecule has 2 aliphatic rings. The van der Waals surface area contributed by atoms with E-state index < -0.39 is 0 Å². The topological polar surface area (TPSA) is 54.4 Å². The number of hydrazone groups is 1. The Morgan fingerprint density at radius 1 is 1.03 bits per heavy atom. The van der Waals surface area contributed by atoms with Crippen LogP contribution < -0.4 is 9.47 Å². The molecule has 0 bridgehead atoms. The first kappa shape index (κ1) is 23.3. The first-order chi connectivity index (χ1) is 15.9. The molecule has 176 valence electrons. The number of nitrogens with zero attached hydrogens (tertiary/aromatic N) is 3. The number of rotatable bonds is 6. The molecule has 0 N–H and O–H groups in total. The summed E-state index contributed by atoms with van der Waals surface area (Å²) in [5, 5.41) is 6.56. The first-order valence-electron chi connectivity index (χ1n) is 11.8. The number of likely N-dealkylation sites (tertiary alicyclic amines) is 1. The largest absolute Gasteiger partial charge is 0.497 e. The number of ether oxygens (including phenoxy) is 2. The van der Waals surface area contributed by atoms with E-state index in [1.165, 1.54) is 11.1 Å². The maximum absolute atomic E-state index is 13.5. The monoisotopic (exact) mass is 449 g/mol. The summed E-state index contributed by atoms with van der Waals surface area (Å²) in [5.41, 5.74) is 5.37. The van der Waals surface area contributed by atoms with Crippen LogP contribution >= 0.6 is 0 Å². The van der Waals surface area contributed by atoms with Gasteiger partial charge in [0.05, 0.1) is 32.5 Å². The van der Waals surface area contributed by atoms with Crippen molar-refractivity contribution in [3.8, 4) is 11.5 Å². The Bertz CT molecular complexity index is 1040. The number of piperidine rings is 1. The number of carbonyl (C=O) groups excluding carboxylic acids is 1. The van der Waals surface area contributed by atoms with Crippen molar-refractivity contribution in [2.24, 2.45) is 11.0 Å². The van der Waals surface area contributed by atoms with E-state index in [9.17, 15) is 4.79 Å². The summed E-state index contributed by atoms with van der Waals surface area (Å²) in [4.78, 5) is 15.8. The van der Waals surface area contributed by atoms with Gasteiger partial charge in [0.1, 0.15) is 11.5 Å². The van der Waals surface area contributed by atoms with E-state index in [-0.39, 0.29) is 11.9 Å². The van der Waals surface area contributed by atoms with E-state index in [4.69, 9.17) is 14.6 Å². The van der Waals surface area contributed by atoms with Crippen molar-refractivity contribution in [2.75, 3.05) is 33.9 Å². The minimum atomic E-state index is -0.233. The Balaban J connectivity index is 1.67. The number of amides is 1. The molecule has 6 nitrogen and oxygen atoms in total. The number of hydrogen-bond donors (Lipinski definition) is 0. The van der Waals surface area contributed by atoms with E-state index in [1.807, 2.05) is 18.2 Å². The summed E-state index contributed by atoms with van der Waals surface area (Å²) in [6.45, 7) is 8.80. The molecule has 2 aromatic carbocycles. The molecule has 0 aliphatic carbocycles. The summed E-state index contributed by atoms with van der Waals surface area (Å²) < 4.78 is 11.1. The molecule has 2 aromatic rings. The lowest BCUT2D eigenvalue weighted by molar-refractivity contribution is -0.134. The van der Waals surface area contributed by atoms with Gasteiger partial charge in [-0.2, -0.15) is 5.10 Å². The average Bonchev–Trinajstić information content (AvgIpc) is 3.27. The zero-order valence-electron chi connectivity index (χ0n) is 20.4. The standard InChI is InChI=1S/C27H35N3O3/c1-18-10-12-29(13-11-18)17-27(31)30-25(23-15-22(32-4)8-9-26(23)33-5)16-24(28-30)21-7-6-19(2)20(3)14-21/h6-9,14-15,18,25H,10-13,16-17H2,1-5H3/t25-/m0/s1. The summed E-state index contributed by atoms with van der Waals surface area (Å²) in [6, 6.07) is 11.9. The van der Waals surface area contributed by atoms with E-state index in [0.29, 0.717) is 13.0 Å². The average molecular weight is 450 g/mol. The molecule has 6 heteroatoms. The minimum Gasteiger partial charge on any atom is -0.497 e. The smallest absolute Gasteiger partial charge is 0.257 e. The molecule has 4 rings (SSSR count). The Kier molecular flexibility index (Phi) is 7.03. The van der Waals surface area contributed by atoms with Gasteiger partial charge in [0.15, 0.2) is 0 Å². The van der Waals surface area contributed by atoms with Crippen LogP contribution in [0, 0.1) is 19.8 Å². The number of hydrogen-bond acceptors (Lipinski definition) is 5. The Hall–Kier alpha value is -2.86. The van der Waals surface area contributed by atoms with Crippen LogP contribution in [-0.2, 0) is 4.79 Å². The molecule has 1 amide bonds. The van der Waals surface area contributed by atoms with E-state index in [2.05, 4.69) is 43.9 Å². The lowest BCUT2D eigenvalue weighted by atomic mass is 9.95. The third-order valence-electron chi connectivity index (χ3n) is 7.04. The highest BCUT2D eigenvalue weighted by Crippen LogP contribution is 2.39. The van der Waals surface area contributed by atoms with Crippen LogP contribution in [0.15, 0.2) is 41.5 Å². The third-order valence-corrected chi connectivity index (χ3v) is 7.04. The van der Waals surface area contributed by atoms with Gasteiger partial charge >= 0.3 is 0 Å². The fourth-order valence-corrected chi connectivity index (χ4v) is 4.66. The predicted octanol–water partition coefficient (Wildman–Crippen LogP) is 4.73. The van der Waals surface area contributed by atoms with Gasteiger partial charge in [0.2, 0.25) is 0 Å². The fraction of sp³-hybridized carbons (Fsp3) is 0.481. The molecule has 0 saturated carbocycles. The highest BCUT2D eigenvalue weighted by atomic mass is 16.5. The van der Waals surface area contributed by atoms with E-state index in [1.54, 1.807) is 19.2 Å².